The summed E-state index contributed by atoms with van der Waals surface area (Å²) in [6.07, 6.45) is 0.930. The second kappa shape index (κ2) is 14.9. The van der Waals surface area contributed by atoms with Gasteiger partial charge in [0.25, 0.3) is 0 Å². The quantitative estimate of drug-likeness (QED) is 0.207. The summed E-state index contributed by atoms with van der Waals surface area (Å²) in [4.78, 5) is 6.59. The van der Waals surface area contributed by atoms with Crippen molar-refractivity contribution < 1.29 is 14.2 Å². The molecular formula is C18H33IN4O3. The predicted molar refractivity (Wildman–Crippen MR) is 118 cm³/mol. The number of ether oxygens (including phenoxy) is 3. The van der Waals surface area contributed by atoms with Gasteiger partial charge in [0.15, 0.2) is 5.96 Å². The summed E-state index contributed by atoms with van der Waals surface area (Å²) >= 11 is 0. The third kappa shape index (κ3) is 10.0. The fraction of sp³-hybridized carbons (Fsp3) is 0.611. The standard InChI is InChI=1S/C18H32N4O3.HI/c1-5-24-15-8-9-17(25-6-2)16(14-15)21-18(19)20-10-7-11-22(3)12-13-23-4;/h8-9,14H,5-7,10-13H2,1-4H3,(H3,19,20,21);1H. The Kier molecular flexibility index (Phi) is 14.1. The average molecular weight is 480 g/mol. The van der Waals surface area contributed by atoms with Crippen LogP contribution in [0.4, 0.5) is 5.69 Å². The van der Waals surface area contributed by atoms with Crippen LogP contribution >= 0.6 is 24.0 Å². The van der Waals surface area contributed by atoms with E-state index in [0.29, 0.717) is 25.7 Å². The molecule has 1 rings (SSSR count). The van der Waals surface area contributed by atoms with Gasteiger partial charge in [0.2, 0.25) is 0 Å². The van der Waals surface area contributed by atoms with Crippen molar-refractivity contribution in [2.75, 3.05) is 58.9 Å². The zero-order valence-corrected chi connectivity index (χ0v) is 18.6. The molecule has 3 N–H and O–H groups in total. The van der Waals surface area contributed by atoms with Crippen molar-refractivity contribution in [2.24, 2.45) is 10.7 Å². The highest BCUT2D eigenvalue weighted by Crippen LogP contribution is 2.29. The molecule has 0 saturated carbocycles. The monoisotopic (exact) mass is 480 g/mol. The summed E-state index contributed by atoms with van der Waals surface area (Å²) in [6, 6.07) is 5.62. The number of aliphatic imine (C=N–C) groups is 1. The molecule has 0 aromatic heterocycles. The van der Waals surface area contributed by atoms with Gasteiger partial charge in [0.05, 0.1) is 25.5 Å². The highest BCUT2D eigenvalue weighted by atomic mass is 127. The number of methoxy groups -OCH3 is 1. The van der Waals surface area contributed by atoms with Gasteiger partial charge in [-0.25, -0.2) is 0 Å². The number of nitrogens with one attached hydrogen (secondary N) is 1. The number of rotatable bonds is 12. The first-order valence-electron chi connectivity index (χ1n) is 8.74. The summed E-state index contributed by atoms with van der Waals surface area (Å²) < 4.78 is 16.2. The lowest BCUT2D eigenvalue weighted by Crippen LogP contribution is -2.26. The van der Waals surface area contributed by atoms with Crippen LogP contribution in [0.5, 0.6) is 11.5 Å². The Morgan fingerprint density at radius 1 is 1.19 bits per heavy atom. The van der Waals surface area contributed by atoms with Crippen LogP contribution in [0.15, 0.2) is 23.2 Å². The summed E-state index contributed by atoms with van der Waals surface area (Å²) in [7, 11) is 3.78. The number of nitrogens with zero attached hydrogens (tertiary/aromatic N) is 2. The SMILES string of the molecule is CCOc1ccc(OCC)c(NC(N)=NCCCN(C)CCOC)c1.I. The molecule has 0 saturated heterocycles. The summed E-state index contributed by atoms with van der Waals surface area (Å²) in [5.41, 5.74) is 6.76. The van der Waals surface area contributed by atoms with Crippen LogP contribution in [-0.2, 0) is 4.74 Å². The van der Waals surface area contributed by atoms with E-state index in [1.165, 1.54) is 0 Å². The van der Waals surface area contributed by atoms with Crippen LogP contribution in [0, 0.1) is 0 Å². The third-order valence-electron chi connectivity index (χ3n) is 3.48. The van der Waals surface area contributed by atoms with E-state index in [0.717, 1.165) is 43.3 Å². The van der Waals surface area contributed by atoms with Crippen molar-refractivity contribution in [1.29, 1.82) is 0 Å². The highest BCUT2D eigenvalue weighted by Gasteiger charge is 2.07. The van der Waals surface area contributed by atoms with Gasteiger partial charge in [-0.05, 0) is 46.0 Å². The number of halogens is 1. The van der Waals surface area contributed by atoms with E-state index < -0.39 is 0 Å². The maximum atomic E-state index is 6.00. The third-order valence-corrected chi connectivity index (χ3v) is 3.48. The van der Waals surface area contributed by atoms with Crippen molar-refractivity contribution in [3.8, 4) is 11.5 Å². The first-order valence-corrected chi connectivity index (χ1v) is 8.74. The van der Waals surface area contributed by atoms with E-state index in [2.05, 4.69) is 22.3 Å². The summed E-state index contributed by atoms with van der Waals surface area (Å²) in [5, 5.41) is 3.11. The number of hydrogen-bond acceptors (Lipinski definition) is 5. The maximum Gasteiger partial charge on any atom is 0.193 e. The number of likely N-dealkylation sites (N-methyl/N-ethyl adjacent to an activating group) is 1. The van der Waals surface area contributed by atoms with E-state index in [-0.39, 0.29) is 24.0 Å². The zero-order valence-electron chi connectivity index (χ0n) is 16.3. The Bertz CT molecular complexity index is 529. The zero-order chi connectivity index (χ0) is 18.5. The van der Waals surface area contributed by atoms with Crippen LogP contribution in [0.25, 0.3) is 0 Å². The van der Waals surface area contributed by atoms with E-state index in [9.17, 15) is 0 Å². The molecule has 0 aliphatic carbocycles. The lowest BCUT2D eigenvalue weighted by Gasteiger charge is -2.15. The molecule has 7 nitrogen and oxygen atoms in total. The van der Waals surface area contributed by atoms with Gasteiger partial charge in [-0.3, -0.25) is 4.99 Å². The van der Waals surface area contributed by atoms with Gasteiger partial charge in [-0.15, -0.1) is 24.0 Å². The largest absolute Gasteiger partial charge is 0.494 e. The normalized spacial score (nSPS) is 11.2. The van der Waals surface area contributed by atoms with Crippen molar-refractivity contribution in [3.05, 3.63) is 18.2 Å². The van der Waals surface area contributed by atoms with Gasteiger partial charge in [-0.1, -0.05) is 0 Å². The molecular weight excluding hydrogens is 447 g/mol. The fourth-order valence-corrected chi connectivity index (χ4v) is 2.22. The Morgan fingerprint density at radius 3 is 2.58 bits per heavy atom. The predicted octanol–water partition coefficient (Wildman–Crippen LogP) is 2.80. The number of nitrogens with two attached hydrogens (primary N) is 1. The molecule has 8 heteroatoms. The Hall–Kier alpha value is -1.26. The molecule has 0 radical (unpaired) electrons. The molecule has 26 heavy (non-hydrogen) atoms. The number of hydrogen-bond donors (Lipinski definition) is 2. The van der Waals surface area contributed by atoms with Gasteiger partial charge in [0.1, 0.15) is 11.5 Å². The molecule has 150 valence electrons. The van der Waals surface area contributed by atoms with E-state index in [1.807, 2.05) is 32.0 Å². The maximum absolute atomic E-state index is 6.00. The van der Waals surface area contributed by atoms with Gasteiger partial charge in [-0.2, -0.15) is 0 Å². The minimum atomic E-state index is 0. The Morgan fingerprint density at radius 2 is 1.92 bits per heavy atom. The van der Waals surface area contributed by atoms with Crippen molar-refractivity contribution >= 4 is 35.6 Å². The minimum Gasteiger partial charge on any atom is -0.494 e. The van der Waals surface area contributed by atoms with Gasteiger partial charge in [0, 0.05) is 26.3 Å². The first-order chi connectivity index (χ1) is 12.1. The Balaban J connectivity index is 0.00000625. The van der Waals surface area contributed by atoms with Crippen LogP contribution in [0.3, 0.4) is 0 Å². The average Bonchev–Trinajstić information content (AvgIpc) is 2.59. The van der Waals surface area contributed by atoms with Crippen LogP contribution < -0.4 is 20.5 Å². The first kappa shape index (κ1) is 24.7. The molecule has 0 spiro atoms. The summed E-state index contributed by atoms with van der Waals surface area (Å²) in [6.45, 7) is 8.33. The molecule has 0 unspecified atom stereocenters. The molecule has 0 heterocycles. The van der Waals surface area contributed by atoms with Crippen LogP contribution in [0.2, 0.25) is 0 Å². The lowest BCUT2D eigenvalue weighted by atomic mass is 10.2. The van der Waals surface area contributed by atoms with Crippen molar-refractivity contribution in [1.82, 2.24) is 4.90 Å². The topological polar surface area (TPSA) is 81.3 Å². The highest BCUT2D eigenvalue weighted by molar-refractivity contribution is 14.0. The van der Waals surface area contributed by atoms with E-state index in [1.54, 1.807) is 7.11 Å². The molecule has 0 aliphatic rings. The molecule has 0 aliphatic heterocycles. The molecule has 0 bridgehead atoms. The smallest absolute Gasteiger partial charge is 0.193 e. The fourth-order valence-electron chi connectivity index (χ4n) is 2.22. The van der Waals surface area contributed by atoms with Gasteiger partial charge >= 0.3 is 0 Å². The number of guanidine groups is 1. The molecule has 1 aromatic carbocycles. The molecule has 0 amide bonds. The van der Waals surface area contributed by atoms with E-state index >= 15 is 0 Å². The second-order valence-corrected chi connectivity index (χ2v) is 5.57. The van der Waals surface area contributed by atoms with Crippen molar-refractivity contribution in [3.63, 3.8) is 0 Å². The van der Waals surface area contributed by atoms with E-state index in [4.69, 9.17) is 19.9 Å². The molecule has 0 atom stereocenters. The second-order valence-electron chi connectivity index (χ2n) is 5.57. The molecule has 1 aromatic rings. The van der Waals surface area contributed by atoms with Crippen molar-refractivity contribution in [2.45, 2.75) is 20.3 Å². The lowest BCUT2D eigenvalue weighted by molar-refractivity contribution is 0.161. The molecule has 0 fully saturated rings. The van der Waals surface area contributed by atoms with Crippen LogP contribution in [-0.4, -0.2) is 64.5 Å². The number of anilines is 1. The minimum absolute atomic E-state index is 0. The summed E-state index contributed by atoms with van der Waals surface area (Å²) in [5.74, 6) is 1.86. The number of benzene rings is 1. The van der Waals surface area contributed by atoms with Crippen LogP contribution in [0.1, 0.15) is 20.3 Å². The van der Waals surface area contributed by atoms with Gasteiger partial charge < -0.3 is 30.2 Å². The Labute approximate surface area is 174 Å².